The van der Waals surface area contributed by atoms with Crippen LogP contribution in [0.3, 0.4) is 0 Å². The summed E-state index contributed by atoms with van der Waals surface area (Å²) in [5.74, 6) is -1.78. The summed E-state index contributed by atoms with van der Waals surface area (Å²) in [6.45, 7) is 1.19. The molecule has 0 radical (unpaired) electrons. The number of halogens is 2. The molecule has 4 rings (SSSR count). The number of nitrogens with one attached hydrogen (secondary N) is 1. The molecule has 2 aromatic rings. The number of hydrogen-bond donors (Lipinski definition) is 1. The number of benzene rings is 2. The van der Waals surface area contributed by atoms with Crippen LogP contribution in [-0.4, -0.2) is 44.2 Å². The fourth-order valence-electron chi connectivity index (χ4n) is 3.82. The highest BCUT2D eigenvalue weighted by molar-refractivity contribution is 7.89. The Labute approximate surface area is 184 Å². The fraction of sp³-hybridized carbons (Fsp3) is 0.333. The summed E-state index contributed by atoms with van der Waals surface area (Å²) >= 11 is 5.79. The van der Waals surface area contributed by atoms with E-state index in [9.17, 15) is 22.4 Å². The van der Waals surface area contributed by atoms with E-state index in [1.165, 1.54) is 51.7 Å². The lowest BCUT2D eigenvalue weighted by atomic mass is 10.1. The molecule has 1 atom stereocenters. The highest BCUT2D eigenvalue weighted by Gasteiger charge is 2.35. The fourth-order valence-corrected chi connectivity index (χ4v) is 5.51. The highest BCUT2D eigenvalue weighted by atomic mass is 35.5. The summed E-state index contributed by atoms with van der Waals surface area (Å²) < 4.78 is 40.0. The van der Waals surface area contributed by atoms with Crippen molar-refractivity contribution in [1.82, 2.24) is 4.31 Å². The Morgan fingerprint density at radius 1 is 1.10 bits per heavy atom. The first-order chi connectivity index (χ1) is 14.8. The first-order valence-electron chi connectivity index (χ1n) is 9.92. The Morgan fingerprint density at radius 2 is 1.77 bits per heavy atom. The smallest absolute Gasteiger partial charge is 0.243 e. The average Bonchev–Trinajstić information content (AvgIpc) is 3.41. The molecule has 10 heteroatoms. The van der Waals surface area contributed by atoms with E-state index < -0.39 is 21.8 Å². The summed E-state index contributed by atoms with van der Waals surface area (Å²) in [5.41, 5.74) is 0.879. The van der Waals surface area contributed by atoms with Crippen molar-refractivity contribution in [3.05, 3.63) is 53.3 Å². The lowest BCUT2D eigenvalue weighted by molar-refractivity contribution is -0.122. The van der Waals surface area contributed by atoms with Crippen molar-refractivity contribution in [2.45, 2.75) is 24.2 Å². The molecule has 2 aromatic carbocycles. The van der Waals surface area contributed by atoms with Gasteiger partial charge in [-0.1, -0.05) is 11.6 Å². The van der Waals surface area contributed by atoms with Crippen LogP contribution in [0.5, 0.6) is 0 Å². The molecule has 1 N–H and O–H groups in total. The summed E-state index contributed by atoms with van der Waals surface area (Å²) in [4.78, 5) is 26.6. The normalized spacial score (nSPS) is 19.7. The van der Waals surface area contributed by atoms with Gasteiger partial charge >= 0.3 is 0 Å². The Kier molecular flexibility index (Phi) is 6.00. The van der Waals surface area contributed by atoms with E-state index in [0.717, 1.165) is 12.8 Å². The van der Waals surface area contributed by atoms with E-state index >= 15 is 0 Å². The zero-order valence-electron chi connectivity index (χ0n) is 16.6. The summed E-state index contributed by atoms with van der Waals surface area (Å²) in [5, 5.41) is 2.64. The summed E-state index contributed by atoms with van der Waals surface area (Å²) in [6.07, 6.45) is 1.73. The predicted molar refractivity (Wildman–Crippen MR) is 115 cm³/mol. The van der Waals surface area contributed by atoms with Gasteiger partial charge in [0.1, 0.15) is 5.82 Å². The second-order valence-corrected chi connectivity index (χ2v) is 9.97. The average molecular weight is 466 g/mol. The molecular weight excluding hydrogens is 445 g/mol. The molecule has 0 bridgehead atoms. The molecule has 7 nitrogen and oxygen atoms in total. The number of rotatable bonds is 5. The maximum atomic E-state index is 13.4. The molecule has 2 fully saturated rings. The lowest BCUT2D eigenvalue weighted by Gasteiger charge is -2.17. The summed E-state index contributed by atoms with van der Waals surface area (Å²) in [7, 11) is -3.52. The Morgan fingerprint density at radius 3 is 2.42 bits per heavy atom. The molecule has 0 saturated carbocycles. The summed E-state index contributed by atoms with van der Waals surface area (Å²) in [6, 6.07) is 9.99. The third-order valence-electron chi connectivity index (χ3n) is 5.54. The molecular formula is C21H21ClFN3O4S. The number of amides is 2. The molecule has 2 amide bonds. The SMILES string of the molecule is O=C(Nc1ccc(S(=O)(=O)N2CCCC2)cc1)C1CC(=O)N(c2ccc(F)c(Cl)c2)C1. The van der Waals surface area contributed by atoms with E-state index in [4.69, 9.17) is 11.6 Å². The van der Waals surface area contributed by atoms with Crippen molar-refractivity contribution in [1.29, 1.82) is 0 Å². The zero-order chi connectivity index (χ0) is 22.2. The number of carbonyl (C=O) groups excluding carboxylic acids is 2. The number of hydrogen-bond acceptors (Lipinski definition) is 4. The van der Waals surface area contributed by atoms with Crippen LogP contribution < -0.4 is 10.2 Å². The third-order valence-corrected chi connectivity index (χ3v) is 7.74. The van der Waals surface area contributed by atoms with Gasteiger partial charge in [-0.2, -0.15) is 4.31 Å². The molecule has 0 aromatic heterocycles. The van der Waals surface area contributed by atoms with E-state index in [1.807, 2.05) is 0 Å². The van der Waals surface area contributed by atoms with Crippen molar-refractivity contribution in [2.75, 3.05) is 29.9 Å². The monoisotopic (exact) mass is 465 g/mol. The standard InChI is InChI=1S/C21H21ClFN3O4S/c22-18-12-16(5-8-19(18)23)26-13-14(11-20(26)27)21(28)24-15-3-6-17(7-4-15)31(29,30)25-9-1-2-10-25/h3-8,12,14H,1-2,9-11,13H2,(H,24,28). The first-order valence-corrected chi connectivity index (χ1v) is 11.7. The highest BCUT2D eigenvalue weighted by Crippen LogP contribution is 2.29. The van der Waals surface area contributed by atoms with Crippen molar-refractivity contribution < 1.29 is 22.4 Å². The van der Waals surface area contributed by atoms with Crippen LogP contribution in [0.15, 0.2) is 47.4 Å². The minimum Gasteiger partial charge on any atom is -0.326 e. The molecule has 0 spiro atoms. The number of nitrogens with zero attached hydrogens (tertiary/aromatic N) is 2. The van der Waals surface area contributed by atoms with Gasteiger partial charge in [0.25, 0.3) is 0 Å². The van der Waals surface area contributed by atoms with Crippen LogP contribution in [-0.2, 0) is 19.6 Å². The molecule has 2 aliphatic heterocycles. The van der Waals surface area contributed by atoms with Crippen molar-refractivity contribution in [3.8, 4) is 0 Å². The number of sulfonamides is 1. The second-order valence-electron chi connectivity index (χ2n) is 7.63. The van der Waals surface area contributed by atoms with Gasteiger partial charge in [-0.25, -0.2) is 12.8 Å². The van der Waals surface area contributed by atoms with E-state index in [1.54, 1.807) is 0 Å². The van der Waals surface area contributed by atoms with Crippen LogP contribution >= 0.6 is 11.6 Å². The quantitative estimate of drug-likeness (QED) is 0.734. The molecule has 2 heterocycles. The van der Waals surface area contributed by atoms with Gasteiger partial charge in [-0.15, -0.1) is 0 Å². The molecule has 164 valence electrons. The van der Waals surface area contributed by atoms with Gasteiger partial charge in [0.15, 0.2) is 0 Å². The van der Waals surface area contributed by atoms with Crippen LogP contribution in [0.4, 0.5) is 15.8 Å². The van der Waals surface area contributed by atoms with Crippen molar-refractivity contribution >= 4 is 44.8 Å². The van der Waals surface area contributed by atoms with Crippen LogP contribution in [0.2, 0.25) is 5.02 Å². The van der Waals surface area contributed by atoms with Gasteiger partial charge in [-0.05, 0) is 55.3 Å². The molecule has 2 saturated heterocycles. The second kappa shape index (κ2) is 8.57. The lowest BCUT2D eigenvalue weighted by Crippen LogP contribution is -2.28. The molecule has 2 aliphatic rings. The predicted octanol–water partition coefficient (Wildman–Crippen LogP) is 3.26. The zero-order valence-corrected chi connectivity index (χ0v) is 18.1. The minimum atomic E-state index is -3.52. The first kappa shape index (κ1) is 21.7. The van der Waals surface area contributed by atoms with E-state index in [-0.39, 0.29) is 34.7 Å². The van der Waals surface area contributed by atoms with Crippen molar-refractivity contribution in [3.63, 3.8) is 0 Å². The molecule has 31 heavy (non-hydrogen) atoms. The number of carbonyl (C=O) groups is 2. The third kappa shape index (κ3) is 4.44. The Hall–Kier alpha value is -2.49. The van der Waals surface area contributed by atoms with Gasteiger partial charge in [0.05, 0.1) is 15.8 Å². The molecule has 0 aliphatic carbocycles. The maximum absolute atomic E-state index is 13.4. The van der Waals surface area contributed by atoms with Gasteiger partial charge in [0, 0.05) is 37.4 Å². The Balaban J connectivity index is 1.41. The van der Waals surface area contributed by atoms with Gasteiger partial charge in [0.2, 0.25) is 21.8 Å². The minimum absolute atomic E-state index is 0.0161. The molecule has 1 unspecified atom stereocenters. The number of anilines is 2. The largest absolute Gasteiger partial charge is 0.326 e. The van der Waals surface area contributed by atoms with Gasteiger partial charge < -0.3 is 10.2 Å². The van der Waals surface area contributed by atoms with Gasteiger partial charge in [-0.3, -0.25) is 9.59 Å². The maximum Gasteiger partial charge on any atom is 0.243 e. The topological polar surface area (TPSA) is 86.8 Å². The van der Waals surface area contributed by atoms with Crippen LogP contribution in [0.25, 0.3) is 0 Å². The van der Waals surface area contributed by atoms with E-state index in [2.05, 4.69) is 5.32 Å². The Bertz CT molecular complexity index is 1120. The van der Waals surface area contributed by atoms with E-state index in [0.29, 0.717) is 24.5 Å². The van der Waals surface area contributed by atoms with Crippen LogP contribution in [0, 0.1) is 11.7 Å². The van der Waals surface area contributed by atoms with Crippen LogP contribution in [0.1, 0.15) is 19.3 Å². The van der Waals surface area contributed by atoms with Crippen molar-refractivity contribution in [2.24, 2.45) is 5.92 Å².